The van der Waals surface area contributed by atoms with Crippen LogP contribution in [0, 0.1) is 19.8 Å². The summed E-state index contributed by atoms with van der Waals surface area (Å²) in [6, 6.07) is 4.10. The highest BCUT2D eigenvalue weighted by atomic mass is 16.5. The van der Waals surface area contributed by atoms with E-state index < -0.39 is 5.97 Å². The summed E-state index contributed by atoms with van der Waals surface area (Å²) in [5, 5.41) is 9.27. The predicted molar refractivity (Wildman–Crippen MR) is 70.2 cm³/mol. The van der Waals surface area contributed by atoms with E-state index in [1.807, 2.05) is 19.9 Å². The highest BCUT2D eigenvalue weighted by Crippen LogP contribution is 2.41. The molecule has 3 heteroatoms. The quantitative estimate of drug-likeness (QED) is 0.873. The molecule has 2 rings (SSSR count). The van der Waals surface area contributed by atoms with Crippen LogP contribution in [-0.4, -0.2) is 17.7 Å². The number of fused-ring (bicyclic) bond motifs is 1. The molecular weight excluding hydrogens is 228 g/mol. The number of aryl methyl sites for hydroxylation is 2. The first-order chi connectivity index (χ1) is 8.52. The molecule has 0 bridgehead atoms. The fourth-order valence-corrected chi connectivity index (χ4v) is 2.75. The van der Waals surface area contributed by atoms with Crippen molar-refractivity contribution in [2.75, 3.05) is 6.61 Å². The summed E-state index contributed by atoms with van der Waals surface area (Å²) in [5.41, 5.74) is 3.33. The molecule has 0 saturated carbocycles. The summed E-state index contributed by atoms with van der Waals surface area (Å²) in [7, 11) is 0. The van der Waals surface area contributed by atoms with Crippen LogP contribution in [-0.2, 0) is 4.79 Å². The van der Waals surface area contributed by atoms with Crippen molar-refractivity contribution in [2.24, 2.45) is 5.92 Å². The van der Waals surface area contributed by atoms with Crippen LogP contribution in [0.15, 0.2) is 12.1 Å². The first-order valence-corrected chi connectivity index (χ1v) is 6.48. The average Bonchev–Trinajstić information content (AvgIpc) is 2.56. The van der Waals surface area contributed by atoms with Crippen LogP contribution >= 0.6 is 0 Å². The van der Waals surface area contributed by atoms with Crippen molar-refractivity contribution >= 4 is 5.97 Å². The first kappa shape index (κ1) is 12.9. The van der Waals surface area contributed by atoms with E-state index in [0.717, 1.165) is 35.3 Å². The molecule has 1 aliphatic rings. The second-order valence-electron chi connectivity index (χ2n) is 5.17. The van der Waals surface area contributed by atoms with Gasteiger partial charge in [-0.2, -0.15) is 0 Å². The molecule has 0 aliphatic carbocycles. The van der Waals surface area contributed by atoms with E-state index in [-0.39, 0.29) is 11.8 Å². The summed E-state index contributed by atoms with van der Waals surface area (Å²) in [6.45, 7) is 6.53. The standard InChI is InChI=1S/C15H20O3/c1-9-6-7-10(2)14-13(9)12(5-4-8-18-14)11(3)15(16)17/h6-7,11-12H,4-5,8H2,1-3H3,(H,16,17). The fraction of sp³-hybridized carbons (Fsp3) is 0.533. The Hall–Kier alpha value is -1.51. The van der Waals surface area contributed by atoms with Gasteiger partial charge in [-0.1, -0.05) is 19.1 Å². The fourth-order valence-electron chi connectivity index (χ4n) is 2.75. The monoisotopic (exact) mass is 248 g/mol. The van der Waals surface area contributed by atoms with Crippen molar-refractivity contribution in [1.82, 2.24) is 0 Å². The number of carboxylic acids is 1. The van der Waals surface area contributed by atoms with E-state index >= 15 is 0 Å². The molecule has 0 radical (unpaired) electrons. The molecule has 3 nitrogen and oxygen atoms in total. The summed E-state index contributed by atoms with van der Waals surface area (Å²) < 4.78 is 5.83. The summed E-state index contributed by atoms with van der Waals surface area (Å²) >= 11 is 0. The van der Waals surface area contributed by atoms with Gasteiger partial charge in [0, 0.05) is 11.5 Å². The van der Waals surface area contributed by atoms with Crippen molar-refractivity contribution in [3.63, 3.8) is 0 Å². The minimum absolute atomic E-state index is 0.0555. The largest absolute Gasteiger partial charge is 0.493 e. The van der Waals surface area contributed by atoms with Crippen LogP contribution in [0.1, 0.15) is 42.4 Å². The number of benzene rings is 1. The van der Waals surface area contributed by atoms with E-state index in [2.05, 4.69) is 6.07 Å². The minimum atomic E-state index is -0.728. The molecule has 98 valence electrons. The third-order valence-electron chi connectivity index (χ3n) is 3.88. The number of rotatable bonds is 2. The van der Waals surface area contributed by atoms with Crippen LogP contribution in [0.5, 0.6) is 5.75 Å². The van der Waals surface area contributed by atoms with Crippen molar-refractivity contribution in [1.29, 1.82) is 0 Å². The Morgan fingerprint density at radius 3 is 2.72 bits per heavy atom. The van der Waals surface area contributed by atoms with Crippen molar-refractivity contribution < 1.29 is 14.6 Å². The van der Waals surface area contributed by atoms with Gasteiger partial charge in [-0.3, -0.25) is 4.79 Å². The van der Waals surface area contributed by atoms with Crippen molar-refractivity contribution in [3.05, 3.63) is 28.8 Å². The smallest absolute Gasteiger partial charge is 0.306 e. The highest BCUT2D eigenvalue weighted by molar-refractivity contribution is 5.71. The number of ether oxygens (including phenoxy) is 1. The lowest BCUT2D eigenvalue weighted by molar-refractivity contribution is -0.141. The lowest BCUT2D eigenvalue weighted by Crippen LogP contribution is -2.19. The van der Waals surface area contributed by atoms with Gasteiger partial charge in [0.15, 0.2) is 0 Å². The van der Waals surface area contributed by atoms with Crippen LogP contribution in [0.3, 0.4) is 0 Å². The maximum atomic E-state index is 11.3. The maximum Gasteiger partial charge on any atom is 0.306 e. The zero-order valence-electron chi connectivity index (χ0n) is 11.2. The number of carbonyl (C=O) groups is 1. The van der Waals surface area contributed by atoms with Crippen LogP contribution in [0.4, 0.5) is 0 Å². The Morgan fingerprint density at radius 1 is 1.39 bits per heavy atom. The van der Waals surface area contributed by atoms with Gasteiger partial charge in [0.2, 0.25) is 0 Å². The predicted octanol–water partition coefficient (Wildman–Crippen LogP) is 3.28. The van der Waals surface area contributed by atoms with Gasteiger partial charge in [-0.15, -0.1) is 0 Å². The third-order valence-corrected chi connectivity index (χ3v) is 3.88. The maximum absolute atomic E-state index is 11.3. The summed E-state index contributed by atoms with van der Waals surface area (Å²) in [5.74, 6) is -0.134. The second kappa shape index (κ2) is 5.01. The Labute approximate surface area is 108 Å². The Balaban J connectivity index is 2.53. The molecule has 0 amide bonds. The SMILES string of the molecule is Cc1ccc(C)c2c1OCCCC2C(C)C(=O)O. The minimum Gasteiger partial charge on any atom is -0.493 e. The van der Waals surface area contributed by atoms with Crippen LogP contribution < -0.4 is 4.74 Å². The summed E-state index contributed by atoms with van der Waals surface area (Å²) in [4.78, 5) is 11.3. The van der Waals surface area contributed by atoms with Gasteiger partial charge >= 0.3 is 5.97 Å². The van der Waals surface area contributed by atoms with Gasteiger partial charge < -0.3 is 9.84 Å². The molecule has 1 aromatic rings. The molecular formula is C15H20O3. The van der Waals surface area contributed by atoms with Crippen molar-refractivity contribution in [2.45, 2.75) is 39.5 Å². The molecule has 0 aromatic heterocycles. The van der Waals surface area contributed by atoms with Gasteiger partial charge in [0.25, 0.3) is 0 Å². The van der Waals surface area contributed by atoms with Gasteiger partial charge in [-0.25, -0.2) is 0 Å². The Kier molecular flexibility index (Phi) is 3.60. The lowest BCUT2D eigenvalue weighted by atomic mass is 9.81. The number of carboxylic acid groups (broad SMARTS) is 1. The third kappa shape index (κ3) is 2.22. The van der Waals surface area contributed by atoms with Gasteiger partial charge in [-0.05, 0) is 37.8 Å². The molecule has 18 heavy (non-hydrogen) atoms. The van der Waals surface area contributed by atoms with Crippen LogP contribution in [0.2, 0.25) is 0 Å². The second-order valence-corrected chi connectivity index (χ2v) is 5.17. The average molecular weight is 248 g/mol. The van der Waals surface area contributed by atoms with Gasteiger partial charge in [0.05, 0.1) is 12.5 Å². The van der Waals surface area contributed by atoms with E-state index in [1.165, 1.54) is 0 Å². The zero-order chi connectivity index (χ0) is 13.3. The molecule has 1 aromatic carbocycles. The number of hydrogen-bond donors (Lipinski definition) is 1. The van der Waals surface area contributed by atoms with E-state index in [4.69, 9.17) is 4.74 Å². The Bertz CT molecular complexity index is 465. The lowest BCUT2D eigenvalue weighted by Gasteiger charge is -2.23. The number of hydrogen-bond acceptors (Lipinski definition) is 2. The van der Waals surface area contributed by atoms with E-state index in [0.29, 0.717) is 6.61 Å². The Morgan fingerprint density at radius 2 is 2.06 bits per heavy atom. The van der Waals surface area contributed by atoms with E-state index in [1.54, 1.807) is 6.92 Å². The number of aliphatic carboxylic acids is 1. The normalized spacial score (nSPS) is 20.5. The molecule has 0 spiro atoms. The van der Waals surface area contributed by atoms with Gasteiger partial charge in [0.1, 0.15) is 5.75 Å². The molecule has 0 saturated heterocycles. The molecule has 2 unspecified atom stereocenters. The zero-order valence-corrected chi connectivity index (χ0v) is 11.2. The topological polar surface area (TPSA) is 46.5 Å². The molecule has 0 fully saturated rings. The molecule has 2 atom stereocenters. The van der Waals surface area contributed by atoms with E-state index in [9.17, 15) is 9.90 Å². The molecule has 1 heterocycles. The first-order valence-electron chi connectivity index (χ1n) is 6.48. The van der Waals surface area contributed by atoms with Crippen molar-refractivity contribution in [3.8, 4) is 5.75 Å². The summed E-state index contributed by atoms with van der Waals surface area (Å²) in [6.07, 6.45) is 1.79. The van der Waals surface area contributed by atoms with Crippen LogP contribution in [0.25, 0.3) is 0 Å². The highest BCUT2D eigenvalue weighted by Gasteiger charge is 2.31. The molecule has 1 N–H and O–H groups in total. The molecule has 1 aliphatic heterocycles.